The number of aliphatic carboxylic acids is 1. The van der Waals surface area contributed by atoms with Crippen LogP contribution in [0.25, 0.3) is 21.9 Å². The molecular formula is C27H25ClN2O7. The van der Waals surface area contributed by atoms with Gasteiger partial charge in [-0.05, 0) is 68.0 Å². The van der Waals surface area contributed by atoms with E-state index in [1.54, 1.807) is 18.3 Å². The number of amides is 1. The number of aryl methyl sites for hydroxylation is 1. The average molecular weight is 525 g/mol. The maximum atomic E-state index is 12.9. The molecule has 2 atom stereocenters. The minimum absolute atomic E-state index is 0.00968. The van der Waals surface area contributed by atoms with Crippen molar-refractivity contribution >= 4 is 45.3 Å². The number of carboxylic acid groups (broad SMARTS) is 1. The van der Waals surface area contributed by atoms with Crippen LogP contribution in [0.5, 0.6) is 11.5 Å². The van der Waals surface area contributed by atoms with Crippen molar-refractivity contribution in [2.75, 3.05) is 0 Å². The molecule has 2 aromatic heterocycles. The van der Waals surface area contributed by atoms with Crippen LogP contribution in [0.2, 0.25) is 5.02 Å². The van der Waals surface area contributed by atoms with Crippen LogP contribution in [-0.2, 0) is 28.9 Å². The largest absolute Gasteiger partial charge is 0.508 e. The molecule has 2 unspecified atom stereocenters. The summed E-state index contributed by atoms with van der Waals surface area (Å²) < 4.78 is 11.3. The molecule has 0 fully saturated rings. The van der Waals surface area contributed by atoms with E-state index < -0.39 is 24.0 Å². The number of H-pyrrole nitrogens is 1. The van der Waals surface area contributed by atoms with Crippen molar-refractivity contribution in [1.29, 1.82) is 0 Å². The van der Waals surface area contributed by atoms with Gasteiger partial charge in [-0.3, -0.25) is 4.79 Å². The number of hydrogen-bond acceptors (Lipinski definition) is 6. The van der Waals surface area contributed by atoms with E-state index in [2.05, 4.69) is 10.3 Å². The molecule has 0 radical (unpaired) electrons. The smallest absolute Gasteiger partial charge is 0.339 e. The summed E-state index contributed by atoms with van der Waals surface area (Å²) in [5, 5.41) is 23.7. The average Bonchev–Trinajstić information content (AvgIpc) is 3.26. The Balaban J connectivity index is 1.34. The van der Waals surface area contributed by atoms with Crippen LogP contribution >= 0.6 is 11.6 Å². The molecule has 1 aliphatic carbocycles. The summed E-state index contributed by atoms with van der Waals surface area (Å²) >= 11 is 6.46. The van der Waals surface area contributed by atoms with Crippen molar-refractivity contribution in [2.45, 2.75) is 51.2 Å². The molecule has 9 nitrogen and oxygen atoms in total. The van der Waals surface area contributed by atoms with E-state index in [-0.39, 0.29) is 28.6 Å². The third kappa shape index (κ3) is 4.86. The molecule has 10 heteroatoms. The first-order valence-corrected chi connectivity index (χ1v) is 12.4. The van der Waals surface area contributed by atoms with Crippen molar-refractivity contribution in [3.8, 4) is 11.5 Å². The second-order valence-electron chi connectivity index (χ2n) is 9.24. The molecule has 192 valence electrons. The zero-order chi connectivity index (χ0) is 26.3. The highest BCUT2D eigenvalue weighted by molar-refractivity contribution is 6.32. The minimum Gasteiger partial charge on any atom is -0.508 e. The zero-order valence-electron chi connectivity index (χ0n) is 20.0. The summed E-state index contributed by atoms with van der Waals surface area (Å²) in [5.41, 5.74) is 2.93. The summed E-state index contributed by atoms with van der Waals surface area (Å²) in [6, 6.07) is 6.67. The Hall–Kier alpha value is -3.98. The predicted octanol–water partition coefficient (Wildman–Crippen LogP) is 4.09. The molecule has 0 saturated heterocycles. The standard InChI is InChI=1S/C27H25ClN2O7/c1-13(25(32)30-22(26(33)34)8-14-12-29-21-7-6-15(31)9-18(14)21)36-24-11-23-19(10-20(24)28)16-4-2-3-5-17(16)27(35)37-23/h6-7,9-13,22,29,31H,2-5,8H2,1H3,(H,30,32)(H,33,34). The van der Waals surface area contributed by atoms with Gasteiger partial charge in [-0.15, -0.1) is 0 Å². The summed E-state index contributed by atoms with van der Waals surface area (Å²) in [4.78, 5) is 40.3. The second-order valence-corrected chi connectivity index (χ2v) is 9.65. The maximum Gasteiger partial charge on any atom is 0.339 e. The number of carboxylic acids is 1. The lowest BCUT2D eigenvalue weighted by molar-refractivity contribution is -0.142. The summed E-state index contributed by atoms with van der Waals surface area (Å²) in [6.07, 6.45) is 3.89. The molecule has 4 aromatic rings. The first-order valence-electron chi connectivity index (χ1n) is 12.0. The number of carbonyl (C=O) groups excluding carboxylic acids is 1. The Morgan fingerprint density at radius 2 is 1.92 bits per heavy atom. The van der Waals surface area contributed by atoms with Gasteiger partial charge >= 0.3 is 11.6 Å². The molecule has 0 aliphatic heterocycles. The van der Waals surface area contributed by atoms with Crippen LogP contribution in [0.4, 0.5) is 0 Å². The van der Waals surface area contributed by atoms with Crippen molar-refractivity contribution in [3.63, 3.8) is 0 Å². The highest BCUT2D eigenvalue weighted by atomic mass is 35.5. The number of rotatable bonds is 7. The Morgan fingerprint density at radius 3 is 2.68 bits per heavy atom. The van der Waals surface area contributed by atoms with Gasteiger partial charge < -0.3 is 29.7 Å². The summed E-state index contributed by atoms with van der Waals surface area (Å²) in [6.45, 7) is 1.47. The monoisotopic (exact) mass is 524 g/mol. The van der Waals surface area contributed by atoms with E-state index in [1.165, 1.54) is 25.1 Å². The molecule has 2 aromatic carbocycles. The van der Waals surface area contributed by atoms with Gasteiger partial charge in [0.15, 0.2) is 6.10 Å². The van der Waals surface area contributed by atoms with Gasteiger partial charge in [0.2, 0.25) is 0 Å². The first kappa shape index (κ1) is 24.7. The molecule has 1 aliphatic rings. The number of phenols is 1. The van der Waals surface area contributed by atoms with E-state index in [4.69, 9.17) is 20.8 Å². The third-order valence-electron chi connectivity index (χ3n) is 6.74. The van der Waals surface area contributed by atoms with E-state index in [0.717, 1.165) is 35.7 Å². The van der Waals surface area contributed by atoms with Gasteiger partial charge in [-0.25, -0.2) is 9.59 Å². The lowest BCUT2D eigenvalue weighted by Crippen LogP contribution is -2.47. The minimum atomic E-state index is -1.24. The van der Waals surface area contributed by atoms with Gasteiger partial charge in [0, 0.05) is 40.5 Å². The van der Waals surface area contributed by atoms with Gasteiger partial charge in [0.25, 0.3) is 5.91 Å². The number of halogens is 1. The normalized spacial score (nSPS) is 14.8. The lowest BCUT2D eigenvalue weighted by Gasteiger charge is -2.20. The molecule has 37 heavy (non-hydrogen) atoms. The number of aromatic nitrogens is 1. The number of nitrogens with one attached hydrogen (secondary N) is 2. The number of aromatic hydroxyl groups is 1. The van der Waals surface area contributed by atoms with Crippen LogP contribution in [-0.4, -0.2) is 39.2 Å². The fourth-order valence-corrected chi connectivity index (χ4v) is 5.03. The lowest BCUT2D eigenvalue weighted by atomic mass is 9.90. The second kappa shape index (κ2) is 9.82. The predicted molar refractivity (Wildman–Crippen MR) is 137 cm³/mol. The van der Waals surface area contributed by atoms with E-state index in [0.29, 0.717) is 28.5 Å². The SMILES string of the molecule is CC(Oc1cc2oc(=O)c3c(c2cc1Cl)CCCC3)C(=O)NC(Cc1c[nH]c2ccc(O)cc12)C(=O)O. The van der Waals surface area contributed by atoms with Crippen molar-refractivity contribution in [1.82, 2.24) is 10.3 Å². The number of carbonyl (C=O) groups is 2. The molecule has 0 saturated carbocycles. The van der Waals surface area contributed by atoms with Gasteiger partial charge in [-0.1, -0.05) is 11.6 Å². The number of fused-ring (bicyclic) bond motifs is 4. The first-order chi connectivity index (χ1) is 17.7. The van der Waals surface area contributed by atoms with Crippen LogP contribution in [0.15, 0.2) is 45.7 Å². The van der Waals surface area contributed by atoms with Crippen LogP contribution < -0.4 is 15.7 Å². The van der Waals surface area contributed by atoms with E-state index in [9.17, 15) is 24.6 Å². The highest BCUT2D eigenvalue weighted by Crippen LogP contribution is 2.34. The van der Waals surface area contributed by atoms with Crippen molar-refractivity contribution < 1.29 is 29.0 Å². The summed E-state index contributed by atoms with van der Waals surface area (Å²) in [5.74, 6) is -1.67. The molecule has 0 bridgehead atoms. The molecule has 4 N–H and O–H groups in total. The maximum absolute atomic E-state index is 12.9. The zero-order valence-corrected chi connectivity index (χ0v) is 20.7. The Morgan fingerprint density at radius 1 is 1.16 bits per heavy atom. The number of ether oxygens (including phenoxy) is 1. The van der Waals surface area contributed by atoms with Crippen molar-refractivity contribution in [3.05, 3.63) is 68.7 Å². The van der Waals surface area contributed by atoms with Crippen LogP contribution in [0, 0.1) is 0 Å². The number of hydrogen-bond donors (Lipinski definition) is 4. The van der Waals surface area contributed by atoms with Gasteiger partial charge in [-0.2, -0.15) is 0 Å². The fraction of sp³-hybridized carbons (Fsp3) is 0.296. The highest BCUT2D eigenvalue weighted by Gasteiger charge is 2.26. The van der Waals surface area contributed by atoms with Gasteiger partial charge in [0.1, 0.15) is 23.1 Å². The van der Waals surface area contributed by atoms with Crippen LogP contribution in [0.3, 0.4) is 0 Å². The number of aromatic amines is 1. The quantitative estimate of drug-likeness (QED) is 0.267. The fourth-order valence-electron chi connectivity index (χ4n) is 4.82. The Kier molecular flexibility index (Phi) is 6.55. The molecule has 5 rings (SSSR count). The number of benzene rings is 2. The number of phenolic OH excluding ortho intramolecular Hbond substituents is 1. The molecular weight excluding hydrogens is 500 g/mol. The summed E-state index contributed by atoms with van der Waals surface area (Å²) in [7, 11) is 0. The molecule has 1 amide bonds. The van der Waals surface area contributed by atoms with E-state index >= 15 is 0 Å². The van der Waals surface area contributed by atoms with E-state index in [1.807, 2.05) is 0 Å². The topological polar surface area (TPSA) is 142 Å². The molecule has 2 heterocycles. The third-order valence-corrected chi connectivity index (χ3v) is 7.03. The van der Waals surface area contributed by atoms with Crippen molar-refractivity contribution in [2.24, 2.45) is 0 Å². The van der Waals surface area contributed by atoms with Gasteiger partial charge in [0.05, 0.1) is 5.02 Å². The molecule has 0 spiro atoms. The Bertz CT molecular complexity index is 1590. The van der Waals surface area contributed by atoms with Crippen LogP contribution in [0.1, 0.15) is 36.5 Å². The Labute approximate surface area is 216 Å².